The Morgan fingerprint density at radius 1 is 0.522 bits per heavy atom. The molecule has 112 valence electrons. The largest absolute Gasteiger partial charge is 0.0617 e. The fourth-order valence-corrected chi connectivity index (χ4v) is 2.43. The van der Waals surface area contributed by atoms with Crippen molar-refractivity contribution in [2.75, 3.05) is 0 Å². The van der Waals surface area contributed by atoms with Crippen molar-refractivity contribution in [1.82, 2.24) is 0 Å². The highest BCUT2D eigenvalue weighted by atomic mass is 14.0. The average Bonchev–Trinajstić information content (AvgIpc) is 2.58. The predicted octanol–water partition coefficient (Wildman–Crippen LogP) is 5.29. The molecular weight excluding hydrogens is 276 g/mol. The molecule has 0 aliphatic carbocycles. The lowest BCUT2D eigenvalue weighted by Crippen LogP contribution is -1.88. The Bertz CT molecular complexity index is 824. The summed E-state index contributed by atoms with van der Waals surface area (Å²) >= 11 is 0. The normalized spacial score (nSPS) is 10.0. The Morgan fingerprint density at radius 2 is 0.870 bits per heavy atom. The Balaban J connectivity index is 1.70. The van der Waals surface area contributed by atoms with Gasteiger partial charge in [-0.05, 0) is 55.7 Å². The second kappa shape index (κ2) is 6.99. The van der Waals surface area contributed by atoms with Crippen LogP contribution in [0.15, 0.2) is 72.8 Å². The summed E-state index contributed by atoms with van der Waals surface area (Å²) in [5.41, 5.74) is 7.33. The molecule has 0 aromatic heterocycles. The van der Waals surface area contributed by atoms with Crippen LogP contribution in [0.4, 0.5) is 0 Å². The van der Waals surface area contributed by atoms with E-state index in [1.807, 2.05) is 0 Å². The van der Waals surface area contributed by atoms with Crippen LogP contribution in [0, 0.1) is 25.7 Å². The van der Waals surface area contributed by atoms with Gasteiger partial charge in [0.2, 0.25) is 0 Å². The molecule has 0 heterocycles. The van der Waals surface area contributed by atoms with Crippen LogP contribution in [-0.2, 0) is 6.42 Å². The molecule has 0 bridgehead atoms. The summed E-state index contributed by atoms with van der Waals surface area (Å²) in [5.74, 6) is 6.44. The summed E-state index contributed by atoms with van der Waals surface area (Å²) in [6.45, 7) is 4.20. The Kier molecular flexibility index (Phi) is 4.60. The maximum absolute atomic E-state index is 3.23. The summed E-state index contributed by atoms with van der Waals surface area (Å²) in [6.07, 6.45) is 0.964. The monoisotopic (exact) mass is 296 g/mol. The van der Waals surface area contributed by atoms with Crippen molar-refractivity contribution in [3.63, 3.8) is 0 Å². The van der Waals surface area contributed by atoms with E-state index in [9.17, 15) is 0 Å². The van der Waals surface area contributed by atoms with Gasteiger partial charge in [0.15, 0.2) is 0 Å². The van der Waals surface area contributed by atoms with Crippen LogP contribution in [0.25, 0.3) is 0 Å². The molecule has 0 saturated heterocycles. The van der Waals surface area contributed by atoms with Crippen molar-refractivity contribution >= 4 is 0 Å². The van der Waals surface area contributed by atoms with Crippen molar-refractivity contribution < 1.29 is 0 Å². The maximum atomic E-state index is 3.23. The summed E-state index contributed by atoms with van der Waals surface area (Å²) in [5, 5.41) is 0. The minimum Gasteiger partial charge on any atom is -0.0617 e. The van der Waals surface area contributed by atoms with Gasteiger partial charge in [-0.25, -0.2) is 0 Å². The number of benzene rings is 3. The van der Waals surface area contributed by atoms with Crippen LogP contribution < -0.4 is 0 Å². The smallest absolute Gasteiger partial charge is 0.0249 e. The van der Waals surface area contributed by atoms with Gasteiger partial charge < -0.3 is 0 Å². The van der Waals surface area contributed by atoms with E-state index in [1.54, 1.807) is 0 Å². The van der Waals surface area contributed by atoms with Crippen LogP contribution >= 0.6 is 0 Å². The summed E-state index contributed by atoms with van der Waals surface area (Å²) in [4.78, 5) is 0. The Morgan fingerprint density at radius 3 is 1.35 bits per heavy atom. The fraction of sp³-hybridized carbons (Fsp3) is 0.130. The minimum atomic E-state index is 0.964. The lowest BCUT2D eigenvalue weighted by molar-refractivity contribution is 1.18. The van der Waals surface area contributed by atoms with Crippen LogP contribution in [0.2, 0.25) is 0 Å². The van der Waals surface area contributed by atoms with Gasteiger partial charge in [-0.1, -0.05) is 71.5 Å². The van der Waals surface area contributed by atoms with Gasteiger partial charge in [0.1, 0.15) is 0 Å². The van der Waals surface area contributed by atoms with Crippen molar-refractivity contribution in [3.8, 4) is 11.8 Å². The van der Waals surface area contributed by atoms with Gasteiger partial charge in [0.25, 0.3) is 0 Å². The number of hydrogen-bond acceptors (Lipinski definition) is 0. The highest BCUT2D eigenvalue weighted by Gasteiger charge is 1.96. The van der Waals surface area contributed by atoms with Crippen molar-refractivity contribution in [2.45, 2.75) is 20.3 Å². The molecule has 3 aromatic rings. The van der Waals surface area contributed by atoms with E-state index in [2.05, 4.69) is 98.5 Å². The fourth-order valence-electron chi connectivity index (χ4n) is 2.43. The molecule has 0 N–H and O–H groups in total. The Hall–Kier alpha value is -2.78. The molecule has 0 radical (unpaired) electrons. The topological polar surface area (TPSA) is 0 Å². The lowest BCUT2D eigenvalue weighted by Gasteiger charge is -2.03. The van der Waals surface area contributed by atoms with Crippen molar-refractivity contribution in [2.24, 2.45) is 0 Å². The zero-order chi connectivity index (χ0) is 16.1. The molecule has 3 rings (SSSR count). The van der Waals surface area contributed by atoms with Gasteiger partial charge in [-0.3, -0.25) is 0 Å². The molecule has 0 spiro atoms. The highest BCUT2D eigenvalue weighted by Crippen LogP contribution is 2.12. The third-order valence-corrected chi connectivity index (χ3v) is 3.89. The molecule has 0 fully saturated rings. The van der Waals surface area contributed by atoms with Crippen LogP contribution in [0.5, 0.6) is 0 Å². The lowest BCUT2D eigenvalue weighted by atomic mass is 10.0. The first kappa shape index (κ1) is 15.1. The number of aryl methyl sites for hydroxylation is 2. The summed E-state index contributed by atoms with van der Waals surface area (Å²) < 4.78 is 0. The quantitative estimate of drug-likeness (QED) is 0.563. The van der Waals surface area contributed by atoms with Gasteiger partial charge >= 0.3 is 0 Å². The average molecular weight is 296 g/mol. The molecule has 23 heavy (non-hydrogen) atoms. The molecule has 0 saturated carbocycles. The maximum Gasteiger partial charge on any atom is 0.0249 e. The first-order chi connectivity index (χ1) is 11.2. The number of rotatable bonds is 2. The molecule has 0 aliphatic rings. The molecule has 0 unspecified atom stereocenters. The van der Waals surface area contributed by atoms with E-state index in [1.165, 1.54) is 22.3 Å². The molecule has 0 amide bonds. The SMILES string of the molecule is Cc1ccc(C#Cc2ccc(Cc3ccc(C)cc3)cc2)cc1. The third kappa shape index (κ3) is 4.34. The molecule has 0 heteroatoms. The zero-order valence-corrected chi connectivity index (χ0v) is 13.6. The van der Waals surface area contributed by atoms with E-state index in [-0.39, 0.29) is 0 Å². The number of hydrogen-bond donors (Lipinski definition) is 0. The van der Waals surface area contributed by atoms with E-state index >= 15 is 0 Å². The first-order valence-corrected chi connectivity index (χ1v) is 7.92. The van der Waals surface area contributed by atoms with Crippen molar-refractivity contribution in [3.05, 3.63) is 106 Å². The zero-order valence-electron chi connectivity index (χ0n) is 13.6. The second-order valence-electron chi connectivity index (χ2n) is 5.98. The van der Waals surface area contributed by atoms with E-state index in [4.69, 9.17) is 0 Å². The van der Waals surface area contributed by atoms with Crippen LogP contribution in [0.1, 0.15) is 33.4 Å². The second-order valence-corrected chi connectivity index (χ2v) is 5.98. The van der Waals surface area contributed by atoms with Gasteiger partial charge in [0.05, 0.1) is 0 Å². The van der Waals surface area contributed by atoms with Crippen LogP contribution in [-0.4, -0.2) is 0 Å². The summed E-state index contributed by atoms with van der Waals surface area (Å²) in [6, 6.07) is 25.6. The molecule has 0 nitrogen and oxygen atoms in total. The van der Waals surface area contributed by atoms with Crippen molar-refractivity contribution in [1.29, 1.82) is 0 Å². The third-order valence-electron chi connectivity index (χ3n) is 3.89. The molecular formula is C23H20. The van der Waals surface area contributed by atoms with E-state index in [0.29, 0.717) is 0 Å². The molecule has 3 aromatic carbocycles. The van der Waals surface area contributed by atoms with Gasteiger partial charge in [-0.2, -0.15) is 0 Å². The molecule has 0 aliphatic heterocycles. The highest BCUT2D eigenvalue weighted by molar-refractivity contribution is 5.44. The standard InChI is InChI=1S/C23H20/c1-18-3-7-20(8-4-18)11-12-21-13-15-23(16-14-21)17-22-9-5-19(2)6-10-22/h3-10,13-16H,17H2,1-2H3. The molecule has 0 atom stereocenters. The van der Waals surface area contributed by atoms with Gasteiger partial charge in [-0.15, -0.1) is 0 Å². The summed E-state index contributed by atoms with van der Waals surface area (Å²) in [7, 11) is 0. The first-order valence-electron chi connectivity index (χ1n) is 7.92. The van der Waals surface area contributed by atoms with E-state index < -0.39 is 0 Å². The minimum absolute atomic E-state index is 0.964. The predicted molar refractivity (Wildman–Crippen MR) is 97.6 cm³/mol. The van der Waals surface area contributed by atoms with Gasteiger partial charge in [0, 0.05) is 11.1 Å². The van der Waals surface area contributed by atoms with E-state index in [0.717, 1.165) is 17.5 Å². The Labute approximate surface area is 138 Å². The van der Waals surface area contributed by atoms with Crippen LogP contribution in [0.3, 0.4) is 0 Å².